The van der Waals surface area contributed by atoms with Crippen molar-refractivity contribution >= 4 is 17.5 Å². The molecule has 1 heterocycles. The molecule has 40 heavy (non-hydrogen) atoms. The van der Waals surface area contributed by atoms with Crippen molar-refractivity contribution in [1.82, 2.24) is 10.2 Å². The van der Waals surface area contributed by atoms with Crippen molar-refractivity contribution in [3.05, 3.63) is 54.1 Å². The van der Waals surface area contributed by atoms with Crippen LogP contribution in [0.15, 0.2) is 48.5 Å². The number of benzene rings is 2. The maximum Gasteiger partial charge on any atom is 0.254 e. The normalized spacial score (nSPS) is 20.2. The van der Waals surface area contributed by atoms with Crippen LogP contribution in [0, 0.1) is 17.8 Å². The fourth-order valence-corrected chi connectivity index (χ4v) is 5.60. The van der Waals surface area contributed by atoms with Crippen LogP contribution in [-0.4, -0.2) is 76.4 Å². The van der Waals surface area contributed by atoms with Crippen LogP contribution in [0.4, 0.5) is 5.69 Å². The summed E-state index contributed by atoms with van der Waals surface area (Å²) >= 11 is 0. The third-order valence-electron chi connectivity index (χ3n) is 8.27. The molecule has 1 saturated heterocycles. The van der Waals surface area contributed by atoms with Crippen molar-refractivity contribution in [1.29, 1.82) is 0 Å². The van der Waals surface area contributed by atoms with Gasteiger partial charge in [-0.15, -0.1) is 0 Å². The van der Waals surface area contributed by atoms with Crippen LogP contribution in [0.5, 0.6) is 11.5 Å². The number of rotatable bonds is 15. The standard InChI is InChI=1S/C32H43N3O5/c1-38-15-6-16-40-30-18-24(11-14-29(30)39-2)32(37)35(28-12-13-28)22-26-20-33-19-25(26)21-34(27-7-4-3-5-8-27)31(36)17-23-9-10-23/h3-5,7-8,11,14,18,23,25-26,28,33H,6,9-10,12-13,15-17,19-22H2,1-2H3/t25-,26-/m0/s1. The summed E-state index contributed by atoms with van der Waals surface area (Å²) in [6, 6.07) is 15.8. The zero-order valence-corrected chi connectivity index (χ0v) is 23.8. The smallest absolute Gasteiger partial charge is 0.254 e. The molecule has 2 atom stereocenters. The molecule has 5 rings (SSSR count). The van der Waals surface area contributed by atoms with Gasteiger partial charge in [0.05, 0.1) is 13.7 Å². The number of nitrogens with one attached hydrogen (secondary N) is 1. The molecule has 0 unspecified atom stereocenters. The van der Waals surface area contributed by atoms with Gasteiger partial charge < -0.3 is 29.3 Å². The topological polar surface area (TPSA) is 80.3 Å². The molecule has 8 heteroatoms. The number of para-hydroxylation sites is 1. The molecule has 216 valence electrons. The summed E-state index contributed by atoms with van der Waals surface area (Å²) in [5.74, 6) is 2.52. The Morgan fingerprint density at radius 1 is 0.900 bits per heavy atom. The van der Waals surface area contributed by atoms with Gasteiger partial charge in [-0.2, -0.15) is 0 Å². The molecule has 2 amide bonds. The molecule has 0 aromatic heterocycles. The molecule has 2 saturated carbocycles. The zero-order valence-electron chi connectivity index (χ0n) is 23.8. The molecular formula is C32H43N3O5. The molecule has 0 spiro atoms. The summed E-state index contributed by atoms with van der Waals surface area (Å²) < 4.78 is 16.5. The van der Waals surface area contributed by atoms with Crippen LogP contribution < -0.4 is 19.7 Å². The Morgan fingerprint density at radius 2 is 1.65 bits per heavy atom. The van der Waals surface area contributed by atoms with E-state index in [1.165, 1.54) is 0 Å². The number of carbonyl (C=O) groups excluding carboxylic acids is 2. The maximum absolute atomic E-state index is 13.9. The molecule has 3 aliphatic rings. The minimum Gasteiger partial charge on any atom is -0.493 e. The first kappa shape index (κ1) is 28.4. The van der Waals surface area contributed by atoms with Crippen LogP contribution >= 0.6 is 0 Å². The van der Waals surface area contributed by atoms with Crippen LogP contribution in [-0.2, 0) is 9.53 Å². The van der Waals surface area contributed by atoms with E-state index in [9.17, 15) is 9.59 Å². The quantitative estimate of drug-likeness (QED) is 0.332. The highest BCUT2D eigenvalue weighted by Crippen LogP contribution is 2.36. The molecule has 1 N–H and O–H groups in total. The lowest BCUT2D eigenvalue weighted by molar-refractivity contribution is -0.119. The van der Waals surface area contributed by atoms with Crippen LogP contribution in [0.1, 0.15) is 48.9 Å². The van der Waals surface area contributed by atoms with Crippen molar-refractivity contribution in [2.75, 3.05) is 58.5 Å². The second kappa shape index (κ2) is 13.5. The van der Waals surface area contributed by atoms with Gasteiger partial charge in [0.25, 0.3) is 5.91 Å². The largest absolute Gasteiger partial charge is 0.493 e. The second-order valence-corrected chi connectivity index (χ2v) is 11.4. The molecule has 2 aromatic carbocycles. The molecular weight excluding hydrogens is 506 g/mol. The number of hydrogen-bond donors (Lipinski definition) is 1. The summed E-state index contributed by atoms with van der Waals surface area (Å²) in [4.78, 5) is 31.2. The molecule has 3 fully saturated rings. The summed E-state index contributed by atoms with van der Waals surface area (Å²) in [5, 5.41) is 3.55. The van der Waals surface area contributed by atoms with E-state index in [0.29, 0.717) is 55.7 Å². The first-order valence-corrected chi connectivity index (χ1v) is 14.7. The van der Waals surface area contributed by atoms with Crippen molar-refractivity contribution in [3.63, 3.8) is 0 Å². The van der Waals surface area contributed by atoms with Crippen molar-refractivity contribution in [3.8, 4) is 11.5 Å². The van der Waals surface area contributed by atoms with Crippen molar-refractivity contribution in [2.24, 2.45) is 17.8 Å². The highest BCUT2D eigenvalue weighted by molar-refractivity contribution is 5.95. The average Bonchev–Trinajstić information content (AvgIpc) is 3.92. The Labute approximate surface area is 238 Å². The van der Waals surface area contributed by atoms with Gasteiger partial charge in [0.2, 0.25) is 5.91 Å². The van der Waals surface area contributed by atoms with Crippen LogP contribution in [0.3, 0.4) is 0 Å². The van der Waals surface area contributed by atoms with Crippen LogP contribution in [0.25, 0.3) is 0 Å². The van der Waals surface area contributed by atoms with Gasteiger partial charge in [-0.3, -0.25) is 9.59 Å². The lowest BCUT2D eigenvalue weighted by Crippen LogP contribution is -2.43. The molecule has 2 aliphatic carbocycles. The summed E-state index contributed by atoms with van der Waals surface area (Å²) in [6.07, 6.45) is 5.76. The number of ether oxygens (including phenoxy) is 3. The lowest BCUT2D eigenvalue weighted by atomic mass is 9.93. The molecule has 0 radical (unpaired) electrons. The van der Waals surface area contributed by atoms with Crippen molar-refractivity contribution < 1.29 is 23.8 Å². The molecule has 2 aromatic rings. The Kier molecular flexibility index (Phi) is 9.60. The minimum atomic E-state index is 0.0299. The predicted molar refractivity (Wildman–Crippen MR) is 155 cm³/mol. The van der Waals surface area contributed by atoms with E-state index >= 15 is 0 Å². The average molecular weight is 550 g/mol. The van der Waals surface area contributed by atoms with E-state index in [0.717, 1.165) is 50.9 Å². The van der Waals surface area contributed by atoms with E-state index in [-0.39, 0.29) is 29.7 Å². The van der Waals surface area contributed by atoms with Gasteiger partial charge in [0.15, 0.2) is 11.5 Å². The summed E-state index contributed by atoms with van der Waals surface area (Å²) in [6.45, 7) is 4.14. The Hall–Kier alpha value is -3.10. The third-order valence-corrected chi connectivity index (χ3v) is 8.27. The SMILES string of the molecule is COCCCOc1cc(C(=O)N(C[C@@H]2CNC[C@H]2CN(C(=O)CC2CC2)c2ccccc2)C2CC2)ccc1OC. The number of methoxy groups -OCH3 is 2. The van der Waals surface area contributed by atoms with Gasteiger partial charge in [-0.05, 0) is 73.8 Å². The van der Waals surface area contributed by atoms with Gasteiger partial charge in [0, 0.05) is 70.0 Å². The summed E-state index contributed by atoms with van der Waals surface area (Å²) in [7, 11) is 3.28. The van der Waals surface area contributed by atoms with E-state index < -0.39 is 0 Å². The lowest BCUT2D eigenvalue weighted by Gasteiger charge is -2.32. The van der Waals surface area contributed by atoms with Crippen molar-refractivity contribution in [2.45, 2.75) is 44.6 Å². The number of amides is 2. The predicted octanol–water partition coefficient (Wildman–Crippen LogP) is 4.38. The van der Waals surface area contributed by atoms with Gasteiger partial charge in [-0.1, -0.05) is 18.2 Å². The maximum atomic E-state index is 13.9. The fourth-order valence-electron chi connectivity index (χ4n) is 5.60. The number of nitrogens with zero attached hydrogens (tertiary/aromatic N) is 2. The molecule has 0 bridgehead atoms. The number of carbonyl (C=O) groups is 2. The first-order valence-electron chi connectivity index (χ1n) is 14.7. The Bertz CT molecular complexity index is 1130. The second-order valence-electron chi connectivity index (χ2n) is 11.4. The Balaban J connectivity index is 1.28. The van der Waals surface area contributed by atoms with Crippen LogP contribution in [0.2, 0.25) is 0 Å². The summed E-state index contributed by atoms with van der Waals surface area (Å²) in [5.41, 5.74) is 1.58. The fraction of sp³-hybridized carbons (Fsp3) is 0.562. The Morgan fingerprint density at radius 3 is 2.33 bits per heavy atom. The van der Waals surface area contributed by atoms with E-state index in [1.807, 2.05) is 47.4 Å². The number of hydrogen-bond acceptors (Lipinski definition) is 6. The highest BCUT2D eigenvalue weighted by Gasteiger charge is 2.39. The number of anilines is 1. The van der Waals surface area contributed by atoms with Gasteiger partial charge in [-0.25, -0.2) is 0 Å². The first-order chi connectivity index (χ1) is 19.6. The van der Waals surface area contributed by atoms with E-state index in [1.54, 1.807) is 20.3 Å². The highest BCUT2D eigenvalue weighted by atomic mass is 16.5. The molecule has 8 nitrogen and oxygen atoms in total. The zero-order chi connectivity index (χ0) is 27.9. The minimum absolute atomic E-state index is 0.0299. The van der Waals surface area contributed by atoms with Gasteiger partial charge >= 0.3 is 0 Å². The van der Waals surface area contributed by atoms with E-state index in [4.69, 9.17) is 14.2 Å². The third kappa shape index (κ3) is 7.34. The molecule has 1 aliphatic heterocycles. The van der Waals surface area contributed by atoms with E-state index in [2.05, 4.69) is 10.2 Å². The van der Waals surface area contributed by atoms with Gasteiger partial charge in [0.1, 0.15) is 0 Å². The monoisotopic (exact) mass is 549 g/mol.